The summed E-state index contributed by atoms with van der Waals surface area (Å²) in [5, 5.41) is 1.06. The van der Waals surface area contributed by atoms with Gasteiger partial charge in [0.05, 0.1) is 13.8 Å². The van der Waals surface area contributed by atoms with E-state index in [2.05, 4.69) is 24.6 Å². The molecule has 1 nitrogen and oxygen atoms in total. The van der Waals surface area contributed by atoms with Crippen molar-refractivity contribution in [2.45, 2.75) is 53.1 Å². The first-order chi connectivity index (χ1) is 12.4. The van der Waals surface area contributed by atoms with Gasteiger partial charge in [0, 0.05) is 21.4 Å². The lowest BCUT2D eigenvalue weighted by Crippen LogP contribution is -2.40. The van der Waals surface area contributed by atoms with E-state index in [0.717, 1.165) is 10.8 Å². The van der Waals surface area contributed by atoms with Crippen molar-refractivity contribution in [3.8, 4) is 11.3 Å². The van der Waals surface area contributed by atoms with Crippen LogP contribution in [0.4, 0.5) is 0 Å². The number of hydrogen-bond donors (Lipinski definition) is 0. The number of rotatable bonds is 3. The van der Waals surface area contributed by atoms with E-state index in [1.54, 1.807) is 26.1 Å². The van der Waals surface area contributed by atoms with Gasteiger partial charge in [-0.25, -0.2) is 0 Å². The second-order valence-corrected chi connectivity index (χ2v) is 11.7. The molecule has 1 heterocycles. The average Bonchev–Trinajstić information content (AvgIpc) is 2.50. The highest BCUT2D eigenvalue weighted by Crippen LogP contribution is 2.26. The SMILES string of the molecule is [2H]C([2H])([2H])c1ccc(-c2cc(C([2H])(C)C)c([Si](C)(C)C)cn2)c(C([2H])([2H])[2H])c1. The maximum atomic E-state index is 8.55. The number of benzene rings is 1. The molecule has 1 aromatic heterocycles. The third-order valence-corrected chi connectivity index (χ3v) is 5.56. The summed E-state index contributed by atoms with van der Waals surface area (Å²) in [5.74, 6) is -0.869. The molecule has 0 aliphatic rings. The fraction of sp³-hybridized carbons (Fsp3) is 0.421. The lowest BCUT2D eigenvalue weighted by Gasteiger charge is -2.23. The molecule has 0 saturated heterocycles. The summed E-state index contributed by atoms with van der Waals surface area (Å²) in [4.78, 5) is 4.52. The zero-order valence-electron chi connectivity index (χ0n) is 20.3. The van der Waals surface area contributed by atoms with E-state index in [9.17, 15) is 0 Å². The fourth-order valence-corrected chi connectivity index (χ4v) is 3.96. The van der Waals surface area contributed by atoms with E-state index in [1.807, 2.05) is 0 Å². The molecule has 0 amide bonds. The van der Waals surface area contributed by atoms with Crippen molar-refractivity contribution >= 4 is 13.3 Å². The Morgan fingerprint density at radius 3 is 2.48 bits per heavy atom. The minimum absolute atomic E-state index is 0.0119. The molecule has 0 aliphatic carbocycles. The van der Waals surface area contributed by atoms with E-state index in [1.165, 1.54) is 18.2 Å². The summed E-state index contributed by atoms with van der Waals surface area (Å²) < 4.78 is 54.9. The summed E-state index contributed by atoms with van der Waals surface area (Å²) in [6.45, 7) is 5.28. The lowest BCUT2D eigenvalue weighted by atomic mass is 9.98. The van der Waals surface area contributed by atoms with Crippen LogP contribution in [0.15, 0.2) is 30.5 Å². The molecule has 0 N–H and O–H groups in total. The van der Waals surface area contributed by atoms with Crippen LogP contribution in [0.1, 0.15) is 46.0 Å². The van der Waals surface area contributed by atoms with Gasteiger partial charge in [0.1, 0.15) is 0 Å². The van der Waals surface area contributed by atoms with Gasteiger partial charge in [0.15, 0.2) is 0 Å². The van der Waals surface area contributed by atoms with Gasteiger partial charge in [0.2, 0.25) is 0 Å². The third-order valence-electron chi connectivity index (χ3n) is 3.55. The van der Waals surface area contributed by atoms with E-state index in [0.29, 0.717) is 11.3 Å². The van der Waals surface area contributed by atoms with Gasteiger partial charge < -0.3 is 0 Å². The smallest absolute Gasteiger partial charge is 0.0799 e. The number of aromatic nitrogens is 1. The first-order valence-electron chi connectivity index (χ1n) is 10.6. The van der Waals surface area contributed by atoms with Crippen LogP contribution in [0.3, 0.4) is 0 Å². The second-order valence-electron chi connectivity index (χ2n) is 6.63. The Kier molecular flexibility index (Phi) is 2.44. The van der Waals surface area contributed by atoms with Gasteiger partial charge >= 0.3 is 0 Å². The number of nitrogens with zero attached hydrogens (tertiary/aromatic N) is 1. The molecule has 0 atom stereocenters. The molecule has 0 spiro atoms. The molecule has 0 fully saturated rings. The standard InChI is InChI=1S/C19H27NSi/c1-13(2)17-11-18(20-12-19(17)21(5,6)7)16-9-8-14(3)10-15(16)4/h8-13H,1-7H3/i3D3,4D3,13D. The predicted molar refractivity (Wildman–Crippen MR) is 96.2 cm³/mol. The zero-order valence-corrected chi connectivity index (χ0v) is 14.3. The molecule has 0 unspecified atom stereocenters. The summed E-state index contributed by atoms with van der Waals surface area (Å²) in [6, 6.07) is 5.97. The van der Waals surface area contributed by atoms with Crippen LogP contribution in [0.5, 0.6) is 0 Å². The van der Waals surface area contributed by atoms with Gasteiger partial charge in [-0.15, -0.1) is 0 Å². The average molecular weight is 305 g/mol. The highest BCUT2D eigenvalue weighted by atomic mass is 28.3. The van der Waals surface area contributed by atoms with Crippen molar-refractivity contribution in [3.05, 3.63) is 47.2 Å². The Morgan fingerprint density at radius 2 is 1.90 bits per heavy atom. The largest absolute Gasteiger partial charge is 0.256 e. The molecule has 0 aliphatic heterocycles. The van der Waals surface area contributed by atoms with Gasteiger partial charge in [-0.3, -0.25) is 4.98 Å². The van der Waals surface area contributed by atoms with Crippen molar-refractivity contribution in [3.63, 3.8) is 0 Å². The molecule has 2 aromatic rings. The van der Waals surface area contributed by atoms with Crippen LogP contribution in [0, 0.1) is 13.7 Å². The first-order valence-corrected chi connectivity index (χ1v) is 10.6. The Labute approximate surface area is 140 Å². The van der Waals surface area contributed by atoms with Crippen LogP contribution in [0.25, 0.3) is 11.3 Å². The normalized spacial score (nSPS) is 18.6. The second kappa shape index (κ2) is 5.76. The Hall–Kier alpha value is -1.41. The Balaban J connectivity index is 2.78. The molecule has 0 bridgehead atoms. The molecular weight excluding hydrogens is 270 g/mol. The summed E-state index contributed by atoms with van der Waals surface area (Å²) >= 11 is 0. The quantitative estimate of drug-likeness (QED) is 0.724. The van der Waals surface area contributed by atoms with E-state index >= 15 is 0 Å². The van der Waals surface area contributed by atoms with Crippen molar-refractivity contribution in [2.24, 2.45) is 0 Å². The highest BCUT2D eigenvalue weighted by Gasteiger charge is 2.22. The molecule has 2 rings (SSSR count). The summed E-state index contributed by atoms with van der Waals surface area (Å²) in [7, 11) is -1.76. The van der Waals surface area contributed by atoms with Crippen LogP contribution in [-0.2, 0) is 0 Å². The summed E-state index contributed by atoms with van der Waals surface area (Å²) in [6.07, 6.45) is 1.76. The maximum absolute atomic E-state index is 8.55. The topological polar surface area (TPSA) is 12.9 Å². The van der Waals surface area contributed by atoms with E-state index in [-0.39, 0.29) is 11.1 Å². The molecule has 0 radical (unpaired) electrons. The Morgan fingerprint density at radius 1 is 1.14 bits per heavy atom. The molecular formula is C19H27NSi. The predicted octanol–water partition coefficient (Wildman–Crippen LogP) is 5.03. The van der Waals surface area contributed by atoms with Crippen LogP contribution in [0.2, 0.25) is 19.6 Å². The lowest BCUT2D eigenvalue weighted by molar-refractivity contribution is 0.869. The molecule has 0 saturated carbocycles. The van der Waals surface area contributed by atoms with Crippen molar-refractivity contribution in [1.29, 1.82) is 0 Å². The Bertz CT molecular complexity index is 872. The van der Waals surface area contributed by atoms with Crippen molar-refractivity contribution < 1.29 is 9.60 Å². The third kappa shape index (κ3) is 3.43. The van der Waals surface area contributed by atoms with Gasteiger partial charge in [-0.05, 0) is 42.0 Å². The van der Waals surface area contributed by atoms with Crippen molar-refractivity contribution in [2.75, 3.05) is 0 Å². The molecule has 112 valence electrons. The van der Waals surface area contributed by atoms with Crippen LogP contribution < -0.4 is 5.19 Å². The van der Waals surface area contributed by atoms with Crippen LogP contribution >= 0.6 is 0 Å². The minimum Gasteiger partial charge on any atom is -0.256 e. The van der Waals surface area contributed by atoms with Crippen molar-refractivity contribution in [1.82, 2.24) is 4.98 Å². The van der Waals surface area contributed by atoms with E-state index < -0.39 is 27.7 Å². The van der Waals surface area contributed by atoms with Gasteiger partial charge in [-0.1, -0.05) is 57.3 Å². The summed E-state index contributed by atoms with van der Waals surface area (Å²) in [5.41, 5.74) is 1.60. The highest BCUT2D eigenvalue weighted by molar-refractivity contribution is 6.89. The van der Waals surface area contributed by atoms with Crippen LogP contribution in [-0.4, -0.2) is 13.1 Å². The minimum atomic E-state index is -2.48. The zero-order chi connectivity index (χ0) is 21.7. The first kappa shape index (κ1) is 8.89. The number of hydrogen-bond acceptors (Lipinski definition) is 1. The monoisotopic (exact) mass is 304 g/mol. The fourth-order valence-electron chi connectivity index (χ4n) is 2.38. The molecule has 2 heteroatoms. The van der Waals surface area contributed by atoms with Gasteiger partial charge in [0.25, 0.3) is 0 Å². The molecule has 21 heavy (non-hydrogen) atoms. The number of pyridine rings is 1. The molecule has 1 aromatic carbocycles. The maximum Gasteiger partial charge on any atom is 0.0799 e. The number of aryl methyl sites for hydroxylation is 2. The van der Waals surface area contributed by atoms with E-state index in [4.69, 9.17) is 9.60 Å². The van der Waals surface area contributed by atoms with Gasteiger partial charge in [-0.2, -0.15) is 0 Å².